The zero-order chi connectivity index (χ0) is 20.7. The van der Waals surface area contributed by atoms with E-state index in [1.54, 1.807) is 36.4 Å². The first-order chi connectivity index (χ1) is 13.2. The highest BCUT2D eigenvalue weighted by molar-refractivity contribution is 7.89. The van der Waals surface area contributed by atoms with E-state index in [0.29, 0.717) is 11.3 Å². The Balaban J connectivity index is 1.82. The fourth-order valence-electron chi connectivity index (χ4n) is 2.26. The van der Waals surface area contributed by atoms with Crippen molar-refractivity contribution in [2.45, 2.75) is 11.4 Å². The number of hydrogen-bond donors (Lipinski definition) is 2. The summed E-state index contributed by atoms with van der Waals surface area (Å²) in [5, 5.41) is 5.21. The number of carbonyl (C=O) groups is 2. The van der Waals surface area contributed by atoms with Crippen LogP contribution in [0.4, 0.5) is 0 Å². The maximum atomic E-state index is 12.0. The Morgan fingerprint density at radius 1 is 0.964 bits per heavy atom. The fourth-order valence-corrected chi connectivity index (χ4v) is 3.16. The molecule has 0 atom stereocenters. The Morgan fingerprint density at radius 2 is 1.57 bits per heavy atom. The van der Waals surface area contributed by atoms with Crippen LogP contribution in [0.2, 0.25) is 0 Å². The molecule has 0 saturated heterocycles. The zero-order valence-electron chi connectivity index (χ0n) is 15.9. The van der Waals surface area contributed by atoms with E-state index < -0.39 is 10.0 Å². The quantitative estimate of drug-likeness (QED) is 0.682. The van der Waals surface area contributed by atoms with Gasteiger partial charge in [0.1, 0.15) is 5.75 Å². The van der Waals surface area contributed by atoms with Gasteiger partial charge in [-0.25, -0.2) is 12.7 Å². The van der Waals surface area contributed by atoms with Crippen molar-refractivity contribution >= 4 is 21.8 Å². The predicted molar refractivity (Wildman–Crippen MR) is 104 cm³/mol. The van der Waals surface area contributed by atoms with Gasteiger partial charge in [-0.05, 0) is 42.0 Å². The summed E-state index contributed by atoms with van der Waals surface area (Å²) in [5.41, 5.74) is 1.17. The number of nitrogens with zero attached hydrogens (tertiary/aromatic N) is 1. The molecule has 0 heterocycles. The van der Waals surface area contributed by atoms with Gasteiger partial charge in [-0.2, -0.15) is 0 Å². The number of nitrogens with one attached hydrogen (secondary N) is 2. The van der Waals surface area contributed by atoms with E-state index in [1.165, 1.54) is 33.3 Å². The molecule has 2 aromatic carbocycles. The molecule has 2 rings (SSSR count). The number of ether oxygens (including phenoxy) is 1. The monoisotopic (exact) mass is 405 g/mol. The van der Waals surface area contributed by atoms with E-state index in [-0.39, 0.29) is 29.8 Å². The summed E-state index contributed by atoms with van der Waals surface area (Å²) in [4.78, 5) is 24.1. The van der Waals surface area contributed by atoms with E-state index in [9.17, 15) is 18.0 Å². The van der Waals surface area contributed by atoms with Crippen LogP contribution in [0.1, 0.15) is 15.9 Å². The Hall–Kier alpha value is -2.91. The van der Waals surface area contributed by atoms with Gasteiger partial charge >= 0.3 is 0 Å². The predicted octanol–water partition coefficient (Wildman–Crippen LogP) is 0.992. The molecule has 0 aliphatic heterocycles. The Morgan fingerprint density at radius 3 is 2.11 bits per heavy atom. The summed E-state index contributed by atoms with van der Waals surface area (Å²) >= 11 is 0. The number of methoxy groups -OCH3 is 1. The van der Waals surface area contributed by atoms with Gasteiger partial charge in [0.15, 0.2) is 0 Å². The maximum Gasteiger partial charge on any atom is 0.251 e. The normalized spacial score (nSPS) is 11.1. The largest absolute Gasteiger partial charge is 0.497 e. The first-order valence-corrected chi connectivity index (χ1v) is 9.88. The highest BCUT2D eigenvalue weighted by Gasteiger charge is 2.16. The second-order valence-corrected chi connectivity index (χ2v) is 8.27. The van der Waals surface area contributed by atoms with Crippen LogP contribution in [0.5, 0.6) is 5.75 Å². The van der Waals surface area contributed by atoms with Crippen LogP contribution in [-0.4, -0.2) is 52.3 Å². The molecule has 0 bridgehead atoms. The second-order valence-electron chi connectivity index (χ2n) is 6.12. The third kappa shape index (κ3) is 5.54. The molecule has 0 aromatic heterocycles. The number of sulfonamides is 1. The van der Waals surface area contributed by atoms with Crippen molar-refractivity contribution in [3.63, 3.8) is 0 Å². The number of carbonyl (C=O) groups excluding carboxylic acids is 2. The summed E-state index contributed by atoms with van der Waals surface area (Å²) < 4.78 is 30.2. The van der Waals surface area contributed by atoms with E-state index in [1.807, 2.05) is 0 Å². The molecule has 0 saturated carbocycles. The van der Waals surface area contributed by atoms with Crippen molar-refractivity contribution in [1.82, 2.24) is 14.9 Å². The van der Waals surface area contributed by atoms with Gasteiger partial charge in [0.05, 0.1) is 18.6 Å². The van der Waals surface area contributed by atoms with Crippen LogP contribution in [0.3, 0.4) is 0 Å². The molecular formula is C19H23N3O5S. The Labute approximate surface area is 164 Å². The molecule has 28 heavy (non-hydrogen) atoms. The van der Waals surface area contributed by atoms with Crippen molar-refractivity contribution in [3.8, 4) is 5.75 Å². The van der Waals surface area contributed by atoms with Gasteiger partial charge in [0.25, 0.3) is 5.91 Å². The van der Waals surface area contributed by atoms with Gasteiger partial charge < -0.3 is 15.4 Å². The minimum Gasteiger partial charge on any atom is -0.497 e. The lowest BCUT2D eigenvalue weighted by Crippen LogP contribution is -2.36. The van der Waals surface area contributed by atoms with Crippen molar-refractivity contribution in [2.24, 2.45) is 0 Å². The molecule has 150 valence electrons. The highest BCUT2D eigenvalue weighted by atomic mass is 32.2. The van der Waals surface area contributed by atoms with Crippen LogP contribution >= 0.6 is 0 Å². The molecule has 8 nitrogen and oxygen atoms in total. The number of amides is 2. The van der Waals surface area contributed by atoms with Crippen LogP contribution in [0.15, 0.2) is 53.4 Å². The molecule has 2 N–H and O–H groups in total. The standard InChI is InChI=1S/C19H23N3O5S/c1-22(2)28(25,26)17-10-4-14(5-11-17)12-20-18(23)13-21-19(24)15-6-8-16(27-3)9-7-15/h4-11H,12-13H2,1-3H3,(H,20,23)(H,21,24). The van der Waals surface area contributed by atoms with Gasteiger partial charge in [0, 0.05) is 26.2 Å². The van der Waals surface area contributed by atoms with Crippen LogP contribution in [-0.2, 0) is 21.4 Å². The minimum absolute atomic E-state index is 0.169. The fraction of sp³-hybridized carbons (Fsp3) is 0.263. The maximum absolute atomic E-state index is 12.0. The van der Waals surface area contributed by atoms with Crippen LogP contribution in [0, 0.1) is 0 Å². The van der Waals surface area contributed by atoms with E-state index in [4.69, 9.17) is 4.74 Å². The van der Waals surface area contributed by atoms with Crippen molar-refractivity contribution in [3.05, 3.63) is 59.7 Å². The summed E-state index contributed by atoms with van der Waals surface area (Å²) in [6, 6.07) is 12.8. The SMILES string of the molecule is COc1ccc(C(=O)NCC(=O)NCc2ccc(S(=O)(=O)N(C)C)cc2)cc1. The van der Waals surface area contributed by atoms with Gasteiger partial charge in [0.2, 0.25) is 15.9 Å². The van der Waals surface area contributed by atoms with Crippen LogP contribution in [0.25, 0.3) is 0 Å². The third-order valence-electron chi connectivity index (χ3n) is 3.95. The number of hydrogen-bond acceptors (Lipinski definition) is 5. The average molecular weight is 405 g/mol. The van der Waals surface area contributed by atoms with E-state index in [0.717, 1.165) is 9.87 Å². The molecule has 0 aliphatic carbocycles. The lowest BCUT2D eigenvalue weighted by molar-refractivity contribution is -0.120. The molecule has 0 aliphatic rings. The highest BCUT2D eigenvalue weighted by Crippen LogP contribution is 2.14. The first kappa shape index (κ1) is 21.4. The van der Waals surface area contributed by atoms with Gasteiger partial charge in [-0.15, -0.1) is 0 Å². The Bertz CT molecular complexity index is 923. The van der Waals surface area contributed by atoms with Crippen molar-refractivity contribution in [2.75, 3.05) is 27.7 Å². The van der Waals surface area contributed by atoms with Crippen molar-refractivity contribution in [1.29, 1.82) is 0 Å². The molecule has 9 heteroatoms. The second kappa shape index (κ2) is 9.34. The number of rotatable bonds is 8. The van der Waals surface area contributed by atoms with Gasteiger partial charge in [-0.1, -0.05) is 12.1 Å². The van der Waals surface area contributed by atoms with Crippen molar-refractivity contribution < 1.29 is 22.7 Å². The Kier molecular flexibility index (Phi) is 7.13. The topological polar surface area (TPSA) is 105 Å². The average Bonchev–Trinajstić information content (AvgIpc) is 2.70. The molecule has 0 radical (unpaired) electrons. The summed E-state index contributed by atoms with van der Waals surface area (Å²) in [6.07, 6.45) is 0. The lowest BCUT2D eigenvalue weighted by atomic mass is 10.2. The molecule has 2 amide bonds. The van der Waals surface area contributed by atoms with E-state index >= 15 is 0 Å². The molecule has 2 aromatic rings. The van der Waals surface area contributed by atoms with Crippen LogP contribution < -0.4 is 15.4 Å². The third-order valence-corrected chi connectivity index (χ3v) is 5.78. The molecular weight excluding hydrogens is 382 g/mol. The first-order valence-electron chi connectivity index (χ1n) is 8.44. The summed E-state index contributed by atoms with van der Waals surface area (Å²) in [5.74, 6) is -0.0819. The lowest BCUT2D eigenvalue weighted by Gasteiger charge is -2.12. The molecule has 0 unspecified atom stereocenters. The molecule has 0 fully saturated rings. The summed E-state index contributed by atoms with van der Waals surface area (Å²) in [6.45, 7) is 0.0531. The van der Waals surface area contributed by atoms with E-state index in [2.05, 4.69) is 10.6 Å². The zero-order valence-corrected chi connectivity index (χ0v) is 16.7. The van der Waals surface area contributed by atoms with Gasteiger partial charge in [-0.3, -0.25) is 9.59 Å². The molecule has 0 spiro atoms. The number of benzene rings is 2. The minimum atomic E-state index is -3.48. The summed E-state index contributed by atoms with van der Waals surface area (Å²) in [7, 11) is 0.977. The smallest absolute Gasteiger partial charge is 0.251 e.